The molecule has 1 fully saturated rings. The highest BCUT2D eigenvalue weighted by Gasteiger charge is 2.52. The molecule has 6 rings (SSSR count). The van der Waals surface area contributed by atoms with Gasteiger partial charge < -0.3 is 20.0 Å². The van der Waals surface area contributed by atoms with E-state index in [0.717, 1.165) is 16.8 Å². The van der Waals surface area contributed by atoms with Crippen LogP contribution in [0.3, 0.4) is 0 Å². The summed E-state index contributed by atoms with van der Waals surface area (Å²) < 4.78 is 1.73. The zero-order chi connectivity index (χ0) is 30.8. The summed E-state index contributed by atoms with van der Waals surface area (Å²) in [5, 5.41) is 30.9. The second kappa shape index (κ2) is 12.4. The van der Waals surface area contributed by atoms with Crippen molar-refractivity contribution in [3.05, 3.63) is 119 Å². The van der Waals surface area contributed by atoms with Gasteiger partial charge in [0.05, 0.1) is 30.5 Å². The summed E-state index contributed by atoms with van der Waals surface area (Å²) in [6, 6.07) is 22.4. The van der Waals surface area contributed by atoms with Crippen LogP contribution in [0.4, 0.5) is 11.4 Å². The molecule has 2 aliphatic rings. The largest absolute Gasteiger partial charge is 0.395 e. The van der Waals surface area contributed by atoms with Gasteiger partial charge in [0, 0.05) is 47.9 Å². The molecular weight excluding hydrogens is 578 g/mol. The van der Waals surface area contributed by atoms with Crippen molar-refractivity contribution in [3.8, 4) is 0 Å². The molecule has 3 heterocycles. The standard InChI is InChI=1S/C34H34ClN5O4/c1-23(8-5-6-16-38-21-30(36-37-38)28(22-41)25-10-3-2-4-11-25)34(44)29-19-26(35)13-14-31(29)40(33(34)43)20-24-9-7-12-27(18-24)39-17-15-32(39)42/h2-5,7-14,18-19,21,23,28,41,44H,6,15-17,20,22H2,1H3/b8-5+/t23-,28?,34+/m0/s1. The van der Waals surface area contributed by atoms with E-state index in [1.807, 2.05) is 79.9 Å². The predicted octanol–water partition coefficient (Wildman–Crippen LogP) is 4.81. The van der Waals surface area contributed by atoms with E-state index in [9.17, 15) is 19.8 Å². The third-order valence-electron chi connectivity index (χ3n) is 8.55. The zero-order valence-corrected chi connectivity index (χ0v) is 25.1. The average molecular weight is 612 g/mol. The van der Waals surface area contributed by atoms with E-state index in [1.54, 1.807) is 32.7 Å². The van der Waals surface area contributed by atoms with Crippen LogP contribution in [0.2, 0.25) is 5.02 Å². The molecule has 1 saturated heterocycles. The molecule has 0 spiro atoms. The van der Waals surface area contributed by atoms with Crippen LogP contribution in [0, 0.1) is 5.92 Å². The van der Waals surface area contributed by atoms with Crippen LogP contribution in [-0.4, -0.2) is 50.2 Å². The first-order chi connectivity index (χ1) is 21.3. The number of carbonyl (C=O) groups excluding carboxylic acids is 2. The lowest BCUT2D eigenvalue weighted by Crippen LogP contribution is -2.44. The van der Waals surface area contributed by atoms with Crippen molar-refractivity contribution in [3.63, 3.8) is 0 Å². The number of rotatable bonds is 11. The first kappa shape index (κ1) is 29.7. The Kier molecular flexibility index (Phi) is 8.35. The molecule has 226 valence electrons. The normalized spacial score (nSPS) is 19.4. The van der Waals surface area contributed by atoms with Crippen molar-refractivity contribution in [2.24, 2.45) is 5.92 Å². The minimum Gasteiger partial charge on any atom is -0.395 e. The number of fused-ring (bicyclic) bond motifs is 1. The fraction of sp³-hybridized carbons (Fsp3) is 0.294. The Hall–Kier alpha value is -4.31. The number of anilines is 2. The molecule has 0 radical (unpaired) electrons. The maximum absolute atomic E-state index is 13.9. The zero-order valence-electron chi connectivity index (χ0n) is 24.4. The van der Waals surface area contributed by atoms with Crippen LogP contribution in [0.1, 0.15) is 48.1 Å². The summed E-state index contributed by atoms with van der Waals surface area (Å²) in [4.78, 5) is 29.2. The number of hydrogen-bond donors (Lipinski definition) is 2. The van der Waals surface area contributed by atoms with Gasteiger partial charge in [-0.3, -0.25) is 14.3 Å². The number of halogens is 1. The topological polar surface area (TPSA) is 112 Å². The van der Waals surface area contributed by atoms with Crippen molar-refractivity contribution in [2.45, 2.75) is 44.4 Å². The Morgan fingerprint density at radius 2 is 1.89 bits per heavy atom. The van der Waals surface area contributed by atoms with E-state index in [0.29, 0.717) is 47.9 Å². The van der Waals surface area contributed by atoms with Gasteiger partial charge in [0.25, 0.3) is 5.91 Å². The van der Waals surface area contributed by atoms with Crippen LogP contribution < -0.4 is 9.80 Å². The van der Waals surface area contributed by atoms with Gasteiger partial charge in [-0.15, -0.1) is 5.10 Å². The number of nitrogens with zero attached hydrogens (tertiary/aromatic N) is 5. The van der Waals surface area contributed by atoms with Gasteiger partial charge in [-0.2, -0.15) is 0 Å². The minimum absolute atomic E-state index is 0.0706. The third-order valence-corrected chi connectivity index (χ3v) is 8.79. The molecule has 0 saturated carbocycles. The highest BCUT2D eigenvalue weighted by molar-refractivity contribution is 6.31. The second-order valence-electron chi connectivity index (χ2n) is 11.3. The molecule has 1 aromatic heterocycles. The number of aliphatic hydroxyl groups excluding tert-OH is 1. The number of amides is 2. The van der Waals surface area contributed by atoms with E-state index >= 15 is 0 Å². The van der Waals surface area contributed by atoms with Crippen molar-refractivity contribution >= 4 is 34.8 Å². The number of β-lactam (4-membered cyclic amide) rings is 1. The van der Waals surface area contributed by atoms with Gasteiger partial charge in [-0.1, -0.05) is 78.4 Å². The van der Waals surface area contributed by atoms with Gasteiger partial charge in [0.2, 0.25) is 5.91 Å². The first-order valence-corrected chi connectivity index (χ1v) is 15.1. The fourth-order valence-corrected chi connectivity index (χ4v) is 6.13. The number of benzene rings is 3. The van der Waals surface area contributed by atoms with Crippen molar-refractivity contribution < 1.29 is 19.8 Å². The van der Waals surface area contributed by atoms with E-state index in [1.165, 1.54) is 0 Å². The first-order valence-electron chi connectivity index (χ1n) is 14.8. The lowest BCUT2D eigenvalue weighted by Gasteiger charge is -2.31. The molecule has 2 amide bonds. The van der Waals surface area contributed by atoms with Crippen molar-refractivity contribution in [2.75, 3.05) is 23.0 Å². The third kappa shape index (κ3) is 5.54. The van der Waals surface area contributed by atoms with E-state index < -0.39 is 17.4 Å². The highest BCUT2D eigenvalue weighted by atomic mass is 35.5. The number of allylic oxidation sites excluding steroid dienone is 1. The van der Waals surface area contributed by atoms with Crippen LogP contribution in [0.25, 0.3) is 0 Å². The number of aromatic nitrogens is 3. The Morgan fingerprint density at radius 1 is 1.07 bits per heavy atom. The maximum atomic E-state index is 13.9. The smallest absolute Gasteiger partial charge is 0.264 e. The molecule has 3 aromatic carbocycles. The van der Waals surface area contributed by atoms with Gasteiger partial charge in [0.15, 0.2) is 5.60 Å². The quantitative estimate of drug-likeness (QED) is 0.186. The molecule has 9 nitrogen and oxygen atoms in total. The Labute approximate surface area is 261 Å². The van der Waals surface area contributed by atoms with Crippen molar-refractivity contribution in [1.29, 1.82) is 0 Å². The number of aliphatic hydroxyl groups is 2. The molecule has 44 heavy (non-hydrogen) atoms. The summed E-state index contributed by atoms with van der Waals surface area (Å²) in [5.74, 6) is -1.14. The Balaban J connectivity index is 1.15. The average Bonchev–Trinajstić information content (AvgIpc) is 3.57. The minimum atomic E-state index is -1.80. The van der Waals surface area contributed by atoms with E-state index in [2.05, 4.69) is 10.3 Å². The fourth-order valence-electron chi connectivity index (χ4n) is 5.95. The Bertz CT molecular complexity index is 1710. The molecule has 1 unspecified atom stereocenters. The van der Waals surface area contributed by atoms with Gasteiger partial charge in [-0.05, 0) is 47.9 Å². The molecular formula is C34H34ClN5O4. The molecule has 0 aliphatic carbocycles. The monoisotopic (exact) mass is 611 g/mol. The van der Waals surface area contributed by atoms with Crippen LogP contribution in [0.5, 0.6) is 0 Å². The van der Waals surface area contributed by atoms with Crippen LogP contribution in [0.15, 0.2) is 91.1 Å². The summed E-state index contributed by atoms with van der Waals surface area (Å²) in [6.07, 6.45) is 6.75. The maximum Gasteiger partial charge on any atom is 0.264 e. The summed E-state index contributed by atoms with van der Waals surface area (Å²) in [5.41, 5.74) is 2.60. The van der Waals surface area contributed by atoms with Gasteiger partial charge in [-0.25, -0.2) is 0 Å². The lowest BCUT2D eigenvalue weighted by atomic mass is 9.83. The molecule has 10 heteroatoms. The Morgan fingerprint density at radius 3 is 2.61 bits per heavy atom. The number of hydrogen-bond acceptors (Lipinski definition) is 6. The highest BCUT2D eigenvalue weighted by Crippen LogP contribution is 2.47. The number of carbonyl (C=O) groups is 2. The molecule has 4 aromatic rings. The summed E-state index contributed by atoms with van der Waals surface area (Å²) >= 11 is 6.34. The summed E-state index contributed by atoms with van der Waals surface area (Å²) in [6.45, 7) is 3.22. The van der Waals surface area contributed by atoms with Crippen LogP contribution in [-0.2, 0) is 28.3 Å². The molecule has 2 N–H and O–H groups in total. The molecule has 0 bridgehead atoms. The van der Waals surface area contributed by atoms with Gasteiger partial charge in [0.1, 0.15) is 0 Å². The van der Waals surface area contributed by atoms with Crippen LogP contribution >= 0.6 is 11.6 Å². The lowest BCUT2D eigenvalue weighted by molar-refractivity contribution is -0.139. The number of aryl methyl sites for hydroxylation is 1. The van der Waals surface area contributed by atoms with E-state index in [4.69, 9.17) is 11.6 Å². The van der Waals surface area contributed by atoms with Crippen molar-refractivity contribution in [1.82, 2.24) is 15.0 Å². The van der Waals surface area contributed by atoms with Gasteiger partial charge >= 0.3 is 0 Å². The second-order valence-corrected chi connectivity index (χ2v) is 11.8. The molecule has 2 aliphatic heterocycles. The predicted molar refractivity (Wildman–Crippen MR) is 168 cm³/mol. The summed E-state index contributed by atoms with van der Waals surface area (Å²) in [7, 11) is 0. The molecule has 3 atom stereocenters. The SMILES string of the molecule is C[C@@H](/C=C/CCn1cc(C(CO)c2ccccc2)nn1)[C@]1(O)C(=O)N(Cc2cccc(N3CCC3=O)c2)c2ccc(Cl)cc21. The van der Waals surface area contributed by atoms with E-state index in [-0.39, 0.29) is 25.0 Å².